The lowest BCUT2D eigenvalue weighted by Gasteiger charge is -2.20. The van der Waals surface area contributed by atoms with E-state index in [9.17, 15) is 13.9 Å². The number of hydrogen-bond acceptors (Lipinski definition) is 5. The summed E-state index contributed by atoms with van der Waals surface area (Å²) in [7, 11) is 0. The lowest BCUT2D eigenvalue weighted by molar-refractivity contribution is 0.278. The lowest BCUT2D eigenvalue weighted by Crippen LogP contribution is -2.25. The summed E-state index contributed by atoms with van der Waals surface area (Å²) in [4.78, 5) is 10.9. The van der Waals surface area contributed by atoms with E-state index in [1.54, 1.807) is 6.07 Å². The van der Waals surface area contributed by atoms with Gasteiger partial charge in [0.25, 0.3) is 0 Å². The van der Waals surface area contributed by atoms with Crippen molar-refractivity contribution in [3.8, 4) is 17.0 Å². The van der Waals surface area contributed by atoms with Crippen molar-refractivity contribution in [2.75, 3.05) is 19.6 Å². The number of benzene rings is 2. The molecular formula is C25H30F2N4O. The Hall–Kier alpha value is -2.90. The van der Waals surface area contributed by atoms with E-state index in [2.05, 4.69) is 21.8 Å². The molecule has 0 bridgehead atoms. The van der Waals surface area contributed by atoms with Gasteiger partial charge in [-0.3, -0.25) is 4.90 Å². The van der Waals surface area contributed by atoms with Gasteiger partial charge in [-0.25, -0.2) is 18.7 Å². The third-order valence-corrected chi connectivity index (χ3v) is 5.40. The van der Waals surface area contributed by atoms with Gasteiger partial charge >= 0.3 is 0 Å². The molecule has 3 aromatic rings. The average Bonchev–Trinajstić information content (AvgIpc) is 2.80. The van der Waals surface area contributed by atoms with E-state index in [-0.39, 0.29) is 11.4 Å². The number of aryl methyl sites for hydroxylation is 2. The Morgan fingerprint density at radius 1 is 1.00 bits per heavy atom. The summed E-state index contributed by atoms with van der Waals surface area (Å²) in [6.45, 7) is 5.39. The van der Waals surface area contributed by atoms with Crippen LogP contribution in [0.15, 0.2) is 48.7 Å². The van der Waals surface area contributed by atoms with E-state index in [1.165, 1.54) is 18.3 Å². The Morgan fingerprint density at radius 2 is 1.84 bits per heavy atom. The highest BCUT2D eigenvalue weighted by Gasteiger charge is 2.12. The molecule has 5 nitrogen and oxygen atoms in total. The van der Waals surface area contributed by atoms with Gasteiger partial charge in [0.15, 0.2) is 17.4 Å². The largest absolute Gasteiger partial charge is 0.505 e. The molecule has 0 spiro atoms. The normalized spacial score (nSPS) is 11.3. The predicted octanol–water partition coefficient (Wildman–Crippen LogP) is 4.47. The van der Waals surface area contributed by atoms with Crippen molar-refractivity contribution in [1.82, 2.24) is 14.9 Å². The fourth-order valence-corrected chi connectivity index (χ4v) is 3.62. The average molecular weight is 441 g/mol. The van der Waals surface area contributed by atoms with E-state index in [4.69, 9.17) is 5.73 Å². The summed E-state index contributed by atoms with van der Waals surface area (Å²) in [5, 5.41) is 9.29. The first kappa shape index (κ1) is 23.8. The Kier molecular flexibility index (Phi) is 8.64. The fraction of sp³-hybridized carbons (Fsp3) is 0.360. The number of phenols is 1. The molecule has 0 atom stereocenters. The molecule has 0 saturated carbocycles. The van der Waals surface area contributed by atoms with E-state index in [1.807, 2.05) is 24.3 Å². The molecule has 3 rings (SSSR count). The van der Waals surface area contributed by atoms with Gasteiger partial charge in [-0.15, -0.1) is 0 Å². The number of nitrogens with two attached hydrogens (primary N) is 1. The van der Waals surface area contributed by atoms with Crippen molar-refractivity contribution < 1.29 is 13.9 Å². The Labute approximate surface area is 187 Å². The van der Waals surface area contributed by atoms with Crippen LogP contribution in [0.5, 0.6) is 5.75 Å². The number of phenolic OH excluding ortho intramolecular Hbond substituents is 1. The molecule has 2 aromatic carbocycles. The van der Waals surface area contributed by atoms with Crippen LogP contribution in [0.25, 0.3) is 11.3 Å². The van der Waals surface area contributed by atoms with Gasteiger partial charge in [0.2, 0.25) is 0 Å². The van der Waals surface area contributed by atoms with E-state index in [0.717, 1.165) is 42.7 Å². The molecule has 32 heavy (non-hydrogen) atoms. The van der Waals surface area contributed by atoms with Gasteiger partial charge in [0, 0.05) is 18.5 Å². The van der Waals surface area contributed by atoms with Crippen LogP contribution in [0.1, 0.15) is 36.7 Å². The van der Waals surface area contributed by atoms with Crippen LogP contribution in [0.2, 0.25) is 0 Å². The third-order valence-electron chi connectivity index (χ3n) is 5.40. The molecule has 0 radical (unpaired) electrons. The Balaban J connectivity index is 1.69. The summed E-state index contributed by atoms with van der Waals surface area (Å²) in [6.07, 6.45) is 3.98. The second-order valence-electron chi connectivity index (χ2n) is 7.83. The Bertz CT molecular complexity index is 1030. The minimum Gasteiger partial charge on any atom is -0.505 e. The Morgan fingerprint density at radius 3 is 2.59 bits per heavy atom. The zero-order valence-electron chi connectivity index (χ0n) is 18.4. The maximum Gasteiger partial charge on any atom is 0.167 e. The maximum absolute atomic E-state index is 14.5. The van der Waals surface area contributed by atoms with Crippen molar-refractivity contribution >= 4 is 0 Å². The summed E-state index contributed by atoms with van der Waals surface area (Å²) in [5.74, 6) is -0.900. The number of rotatable bonds is 11. The standard InChI is InChI=1S/C25H30F2N4O/c1-2-31(13-5-12-28)17-19-7-3-8-20(14-19)25-22(27)16-29-24(30-25)9-4-6-18-10-11-23(32)21(26)15-18/h3,7-8,10-11,14-16,32H,2,4-6,9,12-13,17,28H2,1H3. The van der Waals surface area contributed by atoms with Crippen LogP contribution in [-0.4, -0.2) is 39.6 Å². The van der Waals surface area contributed by atoms with Crippen molar-refractivity contribution in [1.29, 1.82) is 0 Å². The van der Waals surface area contributed by atoms with Crippen molar-refractivity contribution in [3.63, 3.8) is 0 Å². The number of halogens is 2. The lowest BCUT2D eigenvalue weighted by atomic mass is 10.1. The molecule has 0 aliphatic carbocycles. The predicted molar refractivity (Wildman–Crippen MR) is 122 cm³/mol. The quantitative estimate of drug-likeness (QED) is 0.460. The molecule has 0 amide bonds. The molecule has 0 saturated heterocycles. The molecular weight excluding hydrogens is 410 g/mol. The molecule has 0 aliphatic rings. The smallest absolute Gasteiger partial charge is 0.167 e. The second kappa shape index (κ2) is 11.6. The van der Waals surface area contributed by atoms with Crippen LogP contribution in [0.3, 0.4) is 0 Å². The first-order valence-corrected chi connectivity index (χ1v) is 11.0. The summed E-state index contributed by atoms with van der Waals surface area (Å²) < 4.78 is 28.0. The molecule has 0 fully saturated rings. The van der Waals surface area contributed by atoms with Crippen molar-refractivity contribution in [2.45, 2.75) is 39.2 Å². The molecule has 0 unspecified atom stereocenters. The number of hydrogen-bond donors (Lipinski definition) is 2. The number of aromatic hydroxyl groups is 1. The van der Waals surface area contributed by atoms with E-state index < -0.39 is 11.6 Å². The summed E-state index contributed by atoms with van der Waals surface area (Å²) in [5.41, 5.74) is 8.51. The zero-order chi connectivity index (χ0) is 22.9. The van der Waals surface area contributed by atoms with Crippen LogP contribution in [0.4, 0.5) is 8.78 Å². The van der Waals surface area contributed by atoms with Gasteiger partial charge in [0.05, 0.1) is 6.20 Å². The van der Waals surface area contributed by atoms with Crippen molar-refractivity contribution in [2.24, 2.45) is 5.73 Å². The summed E-state index contributed by atoms with van der Waals surface area (Å²) in [6, 6.07) is 12.1. The van der Waals surface area contributed by atoms with Crippen LogP contribution in [0, 0.1) is 11.6 Å². The highest BCUT2D eigenvalue weighted by Crippen LogP contribution is 2.23. The molecule has 0 aliphatic heterocycles. The number of aromatic nitrogens is 2. The van der Waals surface area contributed by atoms with E-state index >= 15 is 0 Å². The van der Waals surface area contributed by atoms with Gasteiger partial charge in [-0.2, -0.15) is 0 Å². The van der Waals surface area contributed by atoms with Crippen molar-refractivity contribution in [3.05, 3.63) is 77.2 Å². The topological polar surface area (TPSA) is 75.3 Å². The second-order valence-corrected chi connectivity index (χ2v) is 7.83. The van der Waals surface area contributed by atoms with Crippen LogP contribution in [-0.2, 0) is 19.4 Å². The van der Waals surface area contributed by atoms with Gasteiger partial charge in [-0.1, -0.05) is 31.2 Å². The highest BCUT2D eigenvalue weighted by molar-refractivity contribution is 5.60. The number of nitrogens with zero attached hydrogens (tertiary/aromatic N) is 3. The van der Waals surface area contributed by atoms with Gasteiger partial charge in [-0.05, 0) is 68.2 Å². The first-order valence-electron chi connectivity index (χ1n) is 11.0. The molecule has 1 aromatic heterocycles. The summed E-state index contributed by atoms with van der Waals surface area (Å²) >= 11 is 0. The zero-order valence-corrected chi connectivity index (χ0v) is 18.4. The molecule has 1 heterocycles. The molecule has 7 heteroatoms. The van der Waals surface area contributed by atoms with E-state index in [0.29, 0.717) is 31.6 Å². The fourth-order valence-electron chi connectivity index (χ4n) is 3.62. The SMILES string of the molecule is CCN(CCCN)Cc1cccc(-c2nc(CCCc3ccc(O)c(F)c3)ncc2F)c1. The highest BCUT2D eigenvalue weighted by atomic mass is 19.1. The van der Waals surface area contributed by atoms with Gasteiger partial charge in [0.1, 0.15) is 11.5 Å². The molecule has 3 N–H and O–H groups in total. The van der Waals surface area contributed by atoms with Crippen LogP contribution < -0.4 is 5.73 Å². The molecule has 170 valence electrons. The minimum atomic E-state index is -0.632. The van der Waals surface area contributed by atoms with Crippen LogP contribution >= 0.6 is 0 Å². The monoisotopic (exact) mass is 440 g/mol. The minimum absolute atomic E-state index is 0.289. The van der Waals surface area contributed by atoms with Gasteiger partial charge < -0.3 is 10.8 Å². The third kappa shape index (κ3) is 6.55. The maximum atomic E-state index is 14.5. The first-order chi connectivity index (χ1) is 15.5.